The second kappa shape index (κ2) is 2.91. The van der Waals surface area contributed by atoms with Crippen LogP contribution < -0.4 is 5.32 Å². The Bertz CT molecular complexity index is 518. The minimum atomic E-state index is -0.00544. The zero-order chi connectivity index (χ0) is 10.3. The largest absolute Gasteiger partial charge is 0.348 e. The highest BCUT2D eigenvalue weighted by Gasteiger charge is 2.18. The van der Waals surface area contributed by atoms with Crippen LogP contribution >= 0.6 is 0 Å². The van der Waals surface area contributed by atoms with Crippen LogP contribution in [0.5, 0.6) is 0 Å². The number of nitrogens with one attached hydrogen (secondary N) is 2. The molecule has 0 bridgehead atoms. The van der Waals surface area contributed by atoms with Crippen molar-refractivity contribution in [2.75, 3.05) is 0 Å². The number of rotatable bonds is 1. The predicted molar refractivity (Wildman–Crippen MR) is 53.0 cm³/mol. The van der Waals surface area contributed by atoms with Crippen LogP contribution in [-0.2, 0) is 6.54 Å². The molecule has 5 nitrogen and oxygen atoms in total. The Morgan fingerprint density at radius 2 is 2.27 bits per heavy atom. The number of fused-ring (bicyclic) bond motifs is 1. The first kappa shape index (κ1) is 8.16. The average molecular weight is 200 g/mol. The van der Waals surface area contributed by atoms with Gasteiger partial charge in [0.1, 0.15) is 6.33 Å². The Morgan fingerprint density at radius 1 is 1.33 bits per heavy atom. The van der Waals surface area contributed by atoms with Gasteiger partial charge in [-0.2, -0.15) is 5.10 Å². The Kier molecular flexibility index (Phi) is 1.58. The summed E-state index contributed by atoms with van der Waals surface area (Å²) >= 11 is 0. The van der Waals surface area contributed by atoms with E-state index in [1.807, 2.05) is 18.2 Å². The highest BCUT2D eigenvalue weighted by molar-refractivity contribution is 5.98. The number of carbonyl (C=O) groups excluding carboxylic acids is 1. The lowest BCUT2D eigenvalue weighted by molar-refractivity contribution is 0.0966. The summed E-state index contributed by atoms with van der Waals surface area (Å²) in [5.74, 6) is 0.714. The monoisotopic (exact) mass is 200 g/mol. The maximum atomic E-state index is 11.3. The molecule has 2 aromatic rings. The summed E-state index contributed by atoms with van der Waals surface area (Å²) in [6, 6.07) is 5.63. The summed E-state index contributed by atoms with van der Waals surface area (Å²) < 4.78 is 0. The molecule has 0 unspecified atom stereocenters. The third kappa shape index (κ3) is 1.20. The number of aromatic nitrogens is 3. The fourth-order valence-electron chi connectivity index (χ4n) is 1.72. The lowest BCUT2D eigenvalue weighted by atomic mass is 10.1. The van der Waals surface area contributed by atoms with Crippen molar-refractivity contribution in [2.45, 2.75) is 6.54 Å². The van der Waals surface area contributed by atoms with Gasteiger partial charge in [-0.15, -0.1) is 0 Å². The molecule has 5 heteroatoms. The molecular formula is C10H8N4O. The van der Waals surface area contributed by atoms with Crippen molar-refractivity contribution >= 4 is 5.91 Å². The molecule has 1 aliphatic rings. The maximum absolute atomic E-state index is 11.3. The summed E-state index contributed by atoms with van der Waals surface area (Å²) in [4.78, 5) is 15.4. The van der Waals surface area contributed by atoms with E-state index < -0.39 is 0 Å². The van der Waals surface area contributed by atoms with Crippen LogP contribution in [0.3, 0.4) is 0 Å². The maximum Gasteiger partial charge on any atom is 0.251 e. The highest BCUT2D eigenvalue weighted by Crippen LogP contribution is 2.21. The fraction of sp³-hybridized carbons (Fsp3) is 0.100. The number of amides is 1. The van der Waals surface area contributed by atoms with E-state index in [9.17, 15) is 4.79 Å². The second-order valence-corrected chi connectivity index (χ2v) is 3.39. The van der Waals surface area contributed by atoms with Gasteiger partial charge in [0.25, 0.3) is 5.91 Å². The summed E-state index contributed by atoms with van der Waals surface area (Å²) in [5.41, 5.74) is 2.70. The summed E-state index contributed by atoms with van der Waals surface area (Å²) in [5, 5.41) is 9.35. The molecule has 0 saturated heterocycles. The van der Waals surface area contributed by atoms with Crippen LogP contribution in [0.25, 0.3) is 11.4 Å². The average Bonchev–Trinajstić information content (AvgIpc) is 2.88. The van der Waals surface area contributed by atoms with E-state index in [2.05, 4.69) is 20.5 Å². The number of hydrogen-bond acceptors (Lipinski definition) is 3. The van der Waals surface area contributed by atoms with E-state index in [1.165, 1.54) is 6.33 Å². The normalized spacial score (nSPS) is 13.7. The number of H-pyrrole nitrogens is 1. The molecule has 1 amide bonds. The fourth-order valence-corrected chi connectivity index (χ4v) is 1.72. The number of nitrogens with zero attached hydrogens (tertiary/aromatic N) is 2. The van der Waals surface area contributed by atoms with Crippen molar-refractivity contribution in [1.29, 1.82) is 0 Å². The molecule has 2 N–H and O–H groups in total. The van der Waals surface area contributed by atoms with E-state index in [-0.39, 0.29) is 5.91 Å². The predicted octanol–water partition coefficient (Wildman–Crippen LogP) is 0.715. The molecule has 1 aromatic heterocycles. The Labute approximate surface area is 85.5 Å². The number of carbonyl (C=O) groups is 1. The van der Waals surface area contributed by atoms with Gasteiger partial charge in [-0.3, -0.25) is 9.89 Å². The van der Waals surface area contributed by atoms with Crippen molar-refractivity contribution in [3.8, 4) is 11.4 Å². The first-order valence-electron chi connectivity index (χ1n) is 4.61. The van der Waals surface area contributed by atoms with Crippen LogP contribution in [0.2, 0.25) is 0 Å². The minimum Gasteiger partial charge on any atom is -0.348 e. The molecular weight excluding hydrogens is 192 g/mol. The van der Waals surface area contributed by atoms with E-state index in [0.29, 0.717) is 6.54 Å². The number of hydrogen-bond donors (Lipinski definition) is 2. The molecule has 0 radical (unpaired) electrons. The second-order valence-electron chi connectivity index (χ2n) is 3.39. The molecule has 0 aliphatic carbocycles. The lowest BCUT2D eigenvalue weighted by Gasteiger charge is -1.99. The standard InChI is InChI=1S/C10H8N4O/c15-10-8-2-1-6(3-7(8)4-11-10)9-12-5-13-14-9/h1-3,5H,4H2,(H,11,15)(H,12,13,14). The third-order valence-corrected chi connectivity index (χ3v) is 2.48. The van der Waals surface area contributed by atoms with Gasteiger partial charge in [-0.05, 0) is 17.7 Å². The first-order chi connectivity index (χ1) is 7.34. The number of aromatic amines is 1. The molecule has 15 heavy (non-hydrogen) atoms. The van der Waals surface area contributed by atoms with Crippen LogP contribution in [0.1, 0.15) is 15.9 Å². The highest BCUT2D eigenvalue weighted by atomic mass is 16.1. The van der Waals surface area contributed by atoms with E-state index >= 15 is 0 Å². The Balaban J connectivity index is 2.11. The van der Waals surface area contributed by atoms with Crippen LogP contribution in [0.4, 0.5) is 0 Å². The van der Waals surface area contributed by atoms with Gasteiger partial charge < -0.3 is 5.32 Å². The number of benzene rings is 1. The van der Waals surface area contributed by atoms with Crippen LogP contribution in [0, 0.1) is 0 Å². The molecule has 74 valence electrons. The van der Waals surface area contributed by atoms with E-state index in [4.69, 9.17) is 0 Å². The zero-order valence-corrected chi connectivity index (χ0v) is 7.82. The molecule has 0 saturated carbocycles. The topological polar surface area (TPSA) is 70.7 Å². The first-order valence-corrected chi connectivity index (χ1v) is 4.61. The van der Waals surface area contributed by atoms with Crippen molar-refractivity contribution in [3.63, 3.8) is 0 Å². The Hall–Kier alpha value is -2.17. The van der Waals surface area contributed by atoms with Crippen molar-refractivity contribution in [1.82, 2.24) is 20.5 Å². The summed E-state index contributed by atoms with van der Waals surface area (Å²) in [7, 11) is 0. The zero-order valence-electron chi connectivity index (χ0n) is 7.82. The van der Waals surface area contributed by atoms with Gasteiger partial charge in [-0.25, -0.2) is 4.98 Å². The molecule has 3 rings (SSSR count). The van der Waals surface area contributed by atoms with Crippen LogP contribution in [-0.4, -0.2) is 21.1 Å². The molecule has 0 spiro atoms. The molecule has 0 fully saturated rings. The molecule has 1 aliphatic heterocycles. The SMILES string of the molecule is O=C1NCc2cc(-c3ncn[nH]3)ccc21. The van der Waals surface area contributed by atoms with Gasteiger partial charge in [0.05, 0.1) is 0 Å². The summed E-state index contributed by atoms with van der Waals surface area (Å²) in [6.07, 6.45) is 1.46. The van der Waals surface area contributed by atoms with Crippen molar-refractivity contribution < 1.29 is 4.79 Å². The van der Waals surface area contributed by atoms with Gasteiger partial charge in [0.2, 0.25) is 0 Å². The molecule has 2 heterocycles. The quantitative estimate of drug-likeness (QED) is 0.712. The van der Waals surface area contributed by atoms with Gasteiger partial charge in [0.15, 0.2) is 5.82 Å². The van der Waals surface area contributed by atoms with Gasteiger partial charge >= 0.3 is 0 Å². The van der Waals surface area contributed by atoms with Crippen LogP contribution in [0.15, 0.2) is 24.5 Å². The minimum absolute atomic E-state index is 0.00544. The molecule has 0 atom stereocenters. The van der Waals surface area contributed by atoms with Gasteiger partial charge in [-0.1, -0.05) is 6.07 Å². The smallest absolute Gasteiger partial charge is 0.251 e. The van der Waals surface area contributed by atoms with E-state index in [0.717, 1.165) is 22.5 Å². The van der Waals surface area contributed by atoms with Crippen molar-refractivity contribution in [2.24, 2.45) is 0 Å². The Morgan fingerprint density at radius 3 is 3.07 bits per heavy atom. The summed E-state index contributed by atoms with van der Waals surface area (Å²) in [6.45, 7) is 0.593. The third-order valence-electron chi connectivity index (χ3n) is 2.48. The van der Waals surface area contributed by atoms with E-state index in [1.54, 1.807) is 0 Å². The van der Waals surface area contributed by atoms with Gasteiger partial charge in [0, 0.05) is 17.7 Å². The van der Waals surface area contributed by atoms with Crippen molar-refractivity contribution in [3.05, 3.63) is 35.7 Å². The molecule has 1 aromatic carbocycles. The lowest BCUT2D eigenvalue weighted by Crippen LogP contribution is -2.12.